The molecule has 1 unspecified atom stereocenters. The van der Waals surface area contributed by atoms with Crippen LogP contribution in [0.1, 0.15) is 62.5 Å². The van der Waals surface area contributed by atoms with Crippen molar-refractivity contribution in [1.82, 2.24) is 4.90 Å². The number of aryl methyl sites for hydroxylation is 2. The number of fused-ring (bicyclic) bond motifs is 1. The molecule has 1 aliphatic heterocycles. The summed E-state index contributed by atoms with van der Waals surface area (Å²) in [6.45, 7) is 5.85. The number of imide groups is 1. The third-order valence-corrected chi connectivity index (χ3v) is 7.53. The molecule has 3 aromatic carbocycles. The van der Waals surface area contributed by atoms with E-state index >= 15 is 0 Å². The zero-order valence-corrected chi connectivity index (χ0v) is 27.0. The van der Waals surface area contributed by atoms with Crippen LogP contribution in [0.4, 0.5) is 11.4 Å². The minimum atomic E-state index is -1.33. The second-order valence-electron chi connectivity index (χ2n) is 11.1. The first-order valence-electron chi connectivity index (χ1n) is 14.2. The fourth-order valence-corrected chi connectivity index (χ4v) is 5.04. The molecule has 1 atom stereocenters. The lowest BCUT2D eigenvalue weighted by atomic mass is 10.0. The first kappa shape index (κ1) is 34.1. The van der Waals surface area contributed by atoms with Gasteiger partial charge in [0, 0.05) is 21.4 Å². The molecule has 4 amide bonds. The summed E-state index contributed by atoms with van der Waals surface area (Å²) in [6, 6.07) is 12.3. The van der Waals surface area contributed by atoms with Crippen LogP contribution < -0.4 is 10.6 Å². The Morgan fingerprint density at radius 3 is 1.80 bits per heavy atom. The van der Waals surface area contributed by atoms with E-state index in [2.05, 4.69) is 10.6 Å². The topological polar surface area (TPSA) is 148 Å². The summed E-state index contributed by atoms with van der Waals surface area (Å²) in [5, 5.41) is 6.05. The lowest BCUT2D eigenvalue weighted by molar-refractivity contribution is -0.151. The molecule has 1 aliphatic rings. The van der Waals surface area contributed by atoms with Gasteiger partial charge in [-0.3, -0.25) is 24.1 Å². The standard InChI is InChI=1S/C33H31Cl2N3O8/c1-17(2)11-27(33(44)46-16-29(40)37-26-14-22(35)9-6-19(26)4)38-30(41)23-10-7-20(12-24(23)31(38)42)32(43)45-15-28(39)36-25-13-21(34)8-5-18(25)3/h5-10,12-14,17,27H,11,15-16H2,1-4H3,(H,36,39)(H,37,40). The first-order chi connectivity index (χ1) is 21.7. The van der Waals surface area contributed by atoms with Gasteiger partial charge in [0.15, 0.2) is 13.2 Å². The number of benzene rings is 3. The average Bonchev–Trinajstić information content (AvgIpc) is 3.25. The van der Waals surface area contributed by atoms with Crippen molar-refractivity contribution in [3.8, 4) is 0 Å². The van der Waals surface area contributed by atoms with Crippen molar-refractivity contribution in [1.29, 1.82) is 0 Å². The maximum atomic E-state index is 13.5. The van der Waals surface area contributed by atoms with Crippen molar-refractivity contribution < 1.29 is 38.2 Å². The number of halogens is 2. The normalized spacial score (nSPS) is 12.9. The van der Waals surface area contributed by atoms with Gasteiger partial charge in [-0.1, -0.05) is 49.2 Å². The summed E-state index contributed by atoms with van der Waals surface area (Å²) in [7, 11) is 0. The Balaban J connectivity index is 1.42. The first-order valence-corrected chi connectivity index (χ1v) is 15.0. The highest BCUT2D eigenvalue weighted by Crippen LogP contribution is 2.29. The molecule has 0 fully saturated rings. The van der Waals surface area contributed by atoms with Crippen molar-refractivity contribution in [2.75, 3.05) is 23.8 Å². The number of nitrogens with zero attached hydrogens (tertiary/aromatic N) is 1. The van der Waals surface area contributed by atoms with E-state index in [4.69, 9.17) is 32.7 Å². The molecular weight excluding hydrogens is 637 g/mol. The molecule has 4 rings (SSSR count). The second kappa shape index (κ2) is 14.6. The summed E-state index contributed by atoms with van der Waals surface area (Å²) < 4.78 is 10.4. The number of ether oxygens (including phenoxy) is 2. The Morgan fingerprint density at radius 2 is 1.26 bits per heavy atom. The molecular formula is C33H31Cl2N3O8. The number of hydrogen-bond donors (Lipinski definition) is 2. The molecule has 0 aliphatic carbocycles. The van der Waals surface area contributed by atoms with E-state index in [-0.39, 0.29) is 29.0 Å². The number of esters is 2. The second-order valence-corrected chi connectivity index (χ2v) is 12.0. The maximum Gasteiger partial charge on any atom is 0.338 e. The number of anilines is 2. The minimum absolute atomic E-state index is 0.0218. The van der Waals surface area contributed by atoms with Gasteiger partial charge in [0.25, 0.3) is 23.6 Å². The Labute approximate surface area is 275 Å². The highest BCUT2D eigenvalue weighted by Gasteiger charge is 2.44. The highest BCUT2D eigenvalue weighted by molar-refractivity contribution is 6.31. The lowest BCUT2D eigenvalue weighted by Crippen LogP contribution is -2.46. The van der Waals surface area contributed by atoms with Gasteiger partial charge in [0.1, 0.15) is 6.04 Å². The number of hydrogen-bond acceptors (Lipinski definition) is 8. The van der Waals surface area contributed by atoms with Crippen molar-refractivity contribution in [2.45, 2.75) is 40.2 Å². The molecule has 0 radical (unpaired) electrons. The SMILES string of the molecule is Cc1ccc(Cl)cc1NC(=O)COC(=O)c1ccc2c(c1)C(=O)N(C(CC(C)C)C(=O)OCC(=O)Nc1cc(Cl)ccc1C)C2=O. The van der Waals surface area contributed by atoms with Crippen LogP contribution in [0.5, 0.6) is 0 Å². The van der Waals surface area contributed by atoms with Crippen LogP contribution >= 0.6 is 23.2 Å². The third kappa shape index (κ3) is 8.09. The molecule has 240 valence electrons. The minimum Gasteiger partial charge on any atom is -0.454 e. The average molecular weight is 669 g/mol. The maximum absolute atomic E-state index is 13.5. The molecule has 11 nitrogen and oxygen atoms in total. The van der Waals surface area contributed by atoms with E-state index < -0.39 is 54.8 Å². The van der Waals surface area contributed by atoms with Crippen LogP contribution in [0.25, 0.3) is 0 Å². The molecule has 0 bridgehead atoms. The highest BCUT2D eigenvalue weighted by atomic mass is 35.5. The lowest BCUT2D eigenvalue weighted by Gasteiger charge is -2.25. The third-order valence-electron chi connectivity index (χ3n) is 7.06. The summed E-state index contributed by atoms with van der Waals surface area (Å²) >= 11 is 12.0. The van der Waals surface area contributed by atoms with Gasteiger partial charge in [-0.2, -0.15) is 0 Å². The summed E-state index contributed by atoms with van der Waals surface area (Å²) in [6.07, 6.45) is 0.0649. The summed E-state index contributed by atoms with van der Waals surface area (Å²) in [5.41, 5.74) is 2.18. The number of nitrogens with one attached hydrogen (secondary N) is 2. The van der Waals surface area contributed by atoms with Gasteiger partial charge in [-0.05, 0) is 79.8 Å². The molecule has 2 N–H and O–H groups in total. The number of carbonyl (C=O) groups excluding carboxylic acids is 6. The van der Waals surface area contributed by atoms with E-state index in [9.17, 15) is 28.8 Å². The largest absolute Gasteiger partial charge is 0.454 e. The van der Waals surface area contributed by atoms with Crippen molar-refractivity contribution >= 4 is 70.1 Å². The van der Waals surface area contributed by atoms with E-state index in [1.807, 2.05) is 0 Å². The number of rotatable bonds is 11. The summed E-state index contributed by atoms with van der Waals surface area (Å²) in [5.74, 6) is -4.80. The fraction of sp³-hybridized carbons (Fsp3) is 0.273. The monoisotopic (exact) mass is 667 g/mol. The van der Waals surface area contributed by atoms with Gasteiger partial charge < -0.3 is 20.1 Å². The van der Waals surface area contributed by atoms with E-state index in [0.717, 1.165) is 16.0 Å². The Kier molecular flexibility index (Phi) is 10.8. The van der Waals surface area contributed by atoms with Crippen molar-refractivity contribution in [3.05, 3.63) is 92.5 Å². The van der Waals surface area contributed by atoms with Gasteiger partial charge >= 0.3 is 11.9 Å². The van der Waals surface area contributed by atoms with Gasteiger partial charge in [-0.25, -0.2) is 9.59 Å². The zero-order valence-electron chi connectivity index (χ0n) is 25.4. The smallest absolute Gasteiger partial charge is 0.338 e. The fourth-order valence-electron chi connectivity index (χ4n) is 4.70. The number of amides is 4. The van der Waals surface area contributed by atoms with E-state index in [1.54, 1.807) is 64.1 Å². The molecule has 0 saturated carbocycles. The van der Waals surface area contributed by atoms with Crippen LogP contribution in [-0.2, 0) is 23.9 Å². The van der Waals surface area contributed by atoms with Crippen LogP contribution in [0, 0.1) is 19.8 Å². The Morgan fingerprint density at radius 1 is 0.739 bits per heavy atom. The van der Waals surface area contributed by atoms with Crippen LogP contribution in [0.15, 0.2) is 54.6 Å². The predicted molar refractivity (Wildman–Crippen MR) is 171 cm³/mol. The molecule has 1 heterocycles. The van der Waals surface area contributed by atoms with E-state index in [1.165, 1.54) is 18.2 Å². The van der Waals surface area contributed by atoms with Crippen LogP contribution in [0.2, 0.25) is 10.0 Å². The summed E-state index contributed by atoms with van der Waals surface area (Å²) in [4.78, 5) is 78.4. The number of carbonyl (C=O) groups is 6. The molecule has 0 saturated heterocycles. The quantitative estimate of drug-likeness (QED) is 0.198. The predicted octanol–water partition coefficient (Wildman–Crippen LogP) is 5.60. The molecule has 46 heavy (non-hydrogen) atoms. The van der Waals surface area contributed by atoms with Crippen molar-refractivity contribution in [3.63, 3.8) is 0 Å². The molecule has 0 spiro atoms. The van der Waals surface area contributed by atoms with Gasteiger partial charge in [0.2, 0.25) is 0 Å². The zero-order chi connectivity index (χ0) is 33.7. The van der Waals surface area contributed by atoms with Gasteiger partial charge in [-0.15, -0.1) is 0 Å². The molecule has 3 aromatic rings. The van der Waals surface area contributed by atoms with Crippen molar-refractivity contribution in [2.24, 2.45) is 5.92 Å². The van der Waals surface area contributed by atoms with Crippen LogP contribution in [-0.4, -0.2) is 59.7 Å². The Bertz CT molecular complexity index is 1740. The van der Waals surface area contributed by atoms with Gasteiger partial charge in [0.05, 0.1) is 16.7 Å². The van der Waals surface area contributed by atoms with Crippen LogP contribution in [0.3, 0.4) is 0 Å². The molecule has 13 heteroatoms. The molecule has 0 aromatic heterocycles. The van der Waals surface area contributed by atoms with E-state index in [0.29, 0.717) is 21.4 Å². The Hall–Kier alpha value is -4.74.